The highest BCUT2D eigenvalue weighted by Gasteiger charge is 2.36. The van der Waals surface area contributed by atoms with Gasteiger partial charge in [0.2, 0.25) is 0 Å². The smallest absolute Gasteiger partial charge is 0.252 e. The lowest BCUT2D eigenvalue weighted by Crippen LogP contribution is -2.58. The number of nitrogens with zero attached hydrogens (tertiary/aromatic N) is 8. The Balaban J connectivity index is 1.51. The van der Waals surface area contributed by atoms with E-state index in [9.17, 15) is 4.79 Å². The fourth-order valence-electron chi connectivity index (χ4n) is 5.44. The summed E-state index contributed by atoms with van der Waals surface area (Å²) in [4.78, 5) is 17.8. The Morgan fingerprint density at radius 3 is 2.69 bits per heavy atom. The van der Waals surface area contributed by atoms with Gasteiger partial charge in [0.15, 0.2) is 0 Å². The summed E-state index contributed by atoms with van der Waals surface area (Å²) in [5.74, 6) is 0. The molecule has 0 radical (unpaired) electrons. The van der Waals surface area contributed by atoms with E-state index in [-0.39, 0.29) is 24.2 Å². The second-order valence-corrected chi connectivity index (χ2v) is 9.46. The molecule has 9 nitrogen and oxygen atoms in total. The summed E-state index contributed by atoms with van der Waals surface area (Å²) < 4.78 is 5.17. The van der Waals surface area contributed by atoms with Crippen LogP contribution in [-0.2, 0) is 13.6 Å². The third-order valence-electron chi connectivity index (χ3n) is 7.56. The number of rotatable bonds is 6. The van der Waals surface area contributed by atoms with E-state index in [1.807, 2.05) is 16.8 Å². The summed E-state index contributed by atoms with van der Waals surface area (Å²) in [6.07, 6.45) is 7.71. The molecule has 0 N–H and O–H groups in total. The molecule has 182 valence electrons. The van der Waals surface area contributed by atoms with Crippen molar-refractivity contribution in [3.05, 3.63) is 58.8 Å². The van der Waals surface area contributed by atoms with Gasteiger partial charge in [-0.1, -0.05) is 19.9 Å². The first kappa shape index (κ1) is 23.1. The predicted octanol–water partition coefficient (Wildman–Crippen LogP) is 3.35. The first-order chi connectivity index (χ1) is 16.9. The van der Waals surface area contributed by atoms with Crippen LogP contribution in [0.3, 0.4) is 0 Å². The fraction of sp³-hybridized carbons (Fsp3) is 0.462. The first-order valence-electron chi connectivity index (χ1n) is 12.3. The molecular weight excluding hydrogens is 440 g/mol. The van der Waals surface area contributed by atoms with Crippen LogP contribution in [0.15, 0.2) is 47.7 Å². The van der Waals surface area contributed by atoms with E-state index >= 15 is 0 Å². The Hall–Kier alpha value is -3.64. The van der Waals surface area contributed by atoms with Crippen molar-refractivity contribution in [2.45, 2.75) is 58.3 Å². The number of piperazine rings is 1. The van der Waals surface area contributed by atoms with Crippen molar-refractivity contribution < 1.29 is 0 Å². The summed E-state index contributed by atoms with van der Waals surface area (Å²) in [6, 6.07) is 11.0. The molecule has 0 aromatic carbocycles. The van der Waals surface area contributed by atoms with Crippen LogP contribution in [0, 0.1) is 11.3 Å². The number of aryl methyl sites for hydroxylation is 1. The lowest BCUT2D eigenvalue weighted by molar-refractivity contribution is 0.101. The average molecular weight is 473 g/mol. The van der Waals surface area contributed by atoms with E-state index in [0.29, 0.717) is 6.04 Å². The molecule has 1 aliphatic rings. The summed E-state index contributed by atoms with van der Waals surface area (Å²) in [7, 11) is 1.76. The summed E-state index contributed by atoms with van der Waals surface area (Å²) >= 11 is 0. The SMILES string of the molecule is CC[C@H]1CN(C(C)c2ccc3ccnn3c2)[C@H](CC)CN1c1cc(=O)n(C)c2cn(CC#N)nc12. The third-order valence-corrected chi connectivity index (χ3v) is 7.56. The van der Waals surface area contributed by atoms with Crippen molar-refractivity contribution in [2.24, 2.45) is 7.05 Å². The highest BCUT2D eigenvalue weighted by atomic mass is 16.1. The van der Waals surface area contributed by atoms with Gasteiger partial charge in [-0.15, -0.1) is 0 Å². The van der Waals surface area contributed by atoms with Crippen LogP contribution in [0.5, 0.6) is 0 Å². The molecule has 1 unspecified atom stereocenters. The highest BCUT2D eigenvalue weighted by molar-refractivity contribution is 5.88. The lowest BCUT2D eigenvalue weighted by Gasteiger charge is -2.49. The fourth-order valence-corrected chi connectivity index (χ4v) is 5.44. The average Bonchev–Trinajstić information content (AvgIpc) is 3.52. The molecule has 9 heteroatoms. The van der Waals surface area contributed by atoms with E-state index in [2.05, 4.69) is 60.1 Å². The molecule has 1 saturated heterocycles. The van der Waals surface area contributed by atoms with E-state index in [4.69, 9.17) is 10.4 Å². The van der Waals surface area contributed by atoms with E-state index in [0.717, 1.165) is 48.2 Å². The molecule has 35 heavy (non-hydrogen) atoms. The van der Waals surface area contributed by atoms with E-state index < -0.39 is 0 Å². The molecule has 5 rings (SSSR count). The zero-order valence-corrected chi connectivity index (χ0v) is 20.8. The maximum Gasteiger partial charge on any atom is 0.252 e. The molecule has 1 fully saturated rings. The van der Waals surface area contributed by atoms with Crippen LogP contribution >= 0.6 is 0 Å². The summed E-state index contributed by atoms with van der Waals surface area (Å²) in [5.41, 5.74) is 4.68. The van der Waals surface area contributed by atoms with Crippen LogP contribution in [0.1, 0.15) is 45.2 Å². The number of anilines is 1. The van der Waals surface area contributed by atoms with Crippen molar-refractivity contribution in [3.63, 3.8) is 0 Å². The van der Waals surface area contributed by atoms with Gasteiger partial charge in [-0.3, -0.25) is 14.4 Å². The molecule has 0 saturated carbocycles. The Labute approximate surface area is 204 Å². The van der Waals surface area contributed by atoms with Crippen LogP contribution < -0.4 is 10.5 Å². The number of nitriles is 1. The predicted molar refractivity (Wildman–Crippen MR) is 136 cm³/mol. The number of hydrogen-bond acceptors (Lipinski definition) is 6. The normalized spacial score (nSPS) is 19.9. The van der Waals surface area contributed by atoms with Gasteiger partial charge < -0.3 is 9.47 Å². The molecule has 0 bridgehead atoms. The molecule has 0 spiro atoms. The van der Waals surface area contributed by atoms with Crippen LogP contribution in [0.4, 0.5) is 5.69 Å². The van der Waals surface area contributed by atoms with Gasteiger partial charge >= 0.3 is 0 Å². The lowest BCUT2D eigenvalue weighted by atomic mass is 9.97. The standard InChI is InChI=1S/C26H32N8O/c1-5-20-16-33(23-13-25(35)30(4)24-17-31(12-10-27)29-26(23)24)21(6-2)15-32(20)18(3)19-7-8-22-9-11-28-34(22)14-19/h7-9,11,13-14,17-18,20-21H,5-6,12,15-16H2,1-4H3/t18?,20-,21+/m1/s1. The minimum absolute atomic E-state index is 0.0600. The largest absolute Gasteiger partial charge is 0.364 e. The van der Waals surface area contributed by atoms with Crippen molar-refractivity contribution in [3.8, 4) is 6.07 Å². The molecule has 1 aliphatic heterocycles. The van der Waals surface area contributed by atoms with Crippen LogP contribution in [-0.4, -0.2) is 54.0 Å². The van der Waals surface area contributed by atoms with Crippen LogP contribution in [0.25, 0.3) is 16.6 Å². The van der Waals surface area contributed by atoms with Gasteiger partial charge in [0.05, 0.1) is 29.0 Å². The van der Waals surface area contributed by atoms with Gasteiger partial charge in [0.25, 0.3) is 5.56 Å². The second kappa shape index (κ2) is 9.19. The van der Waals surface area contributed by atoms with Crippen molar-refractivity contribution in [2.75, 3.05) is 18.0 Å². The first-order valence-corrected chi connectivity index (χ1v) is 12.3. The van der Waals surface area contributed by atoms with E-state index in [1.54, 1.807) is 28.6 Å². The Bertz CT molecular complexity index is 1460. The summed E-state index contributed by atoms with van der Waals surface area (Å²) in [5, 5.41) is 18.3. The van der Waals surface area contributed by atoms with Gasteiger partial charge in [0, 0.05) is 56.7 Å². The Kier molecular flexibility index (Phi) is 6.07. The molecule has 0 amide bonds. The monoisotopic (exact) mass is 472 g/mol. The molecular formula is C26H32N8O. The van der Waals surface area contributed by atoms with Crippen molar-refractivity contribution >= 4 is 22.2 Å². The van der Waals surface area contributed by atoms with Crippen molar-refractivity contribution in [1.82, 2.24) is 28.9 Å². The molecule has 4 aromatic rings. The molecule has 5 heterocycles. The second-order valence-electron chi connectivity index (χ2n) is 9.46. The van der Waals surface area contributed by atoms with Crippen LogP contribution in [0.2, 0.25) is 0 Å². The Morgan fingerprint density at radius 1 is 1.14 bits per heavy atom. The van der Waals surface area contributed by atoms with Gasteiger partial charge in [0.1, 0.15) is 12.1 Å². The van der Waals surface area contributed by atoms with Crippen molar-refractivity contribution in [1.29, 1.82) is 5.26 Å². The maximum atomic E-state index is 12.9. The number of pyridine rings is 2. The zero-order chi connectivity index (χ0) is 24.7. The number of fused-ring (bicyclic) bond motifs is 2. The molecule has 3 atom stereocenters. The van der Waals surface area contributed by atoms with Gasteiger partial charge in [-0.25, -0.2) is 4.52 Å². The Morgan fingerprint density at radius 2 is 1.94 bits per heavy atom. The molecule has 4 aromatic heterocycles. The topological polar surface area (TPSA) is 87.4 Å². The van der Waals surface area contributed by atoms with Gasteiger partial charge in [-0.2, -0.15) is 15.5 Å². The maximum absolute atomic E-state index is 12.9. The minimum Gasteiger partial charge on any atom is -0.364 e. The zero-order valence-electron chi connectivity index (χ0n) is 20.8. The number of hydrogen-bond donors (Lipinski definition) is 0. The third kappa shape index (κ3) is 3.98. The molecule has 0 aliphatic carbocycles. The highest BCUT2D eigenvalue weighted by Crippen LogP contribution is 2.34. The quantitative estimate of drug-likeness (QED) is 0.428. The van der Waals surface area contributed by atoms with E-state index in [1.165, 1.54) is 5.56 Å². The minimum atomic E-state index is -0.0600. The number of aromatic nitrogens is 5. The summed E-state index contributed by atoms with van der Waals surface area (Å²) in [6.45, 7) is 8.57. The van der Waals surface area contributed by atoms with Gasteiger partial charge in [-0.05, 0) is 37.5 Å².